The Kier molecular flexibility index (Phi) is 5.29. The first kappa shape index (κ1) is 14.9. The number of nitrogens with one attached hydrogen (secondary N) is 1. The molecule has 0 aliphatic rings. The van der Waals surface area contributed by atoms with Gasteiger partial charge in [-0.2, -0.15) is 0 Å². The number of rotatable bonds is 5. The van der Waals surface area contributed by atoms with E-state index in [4.69, 9.17) is 5.73 Å². The Morgan fingerprint density at radius 2 is 2.05 bits per heavy atom. The maximum Gasteiger partial charge on any atom is 0.256 e. The predicted molar refractivity (Wildman–Crippen MR) is 71.1 cm³/mol. The van der Waals surface area contributed by atoms with Gasteiger partial charge in [-0.1, -0.05) is 0 Å². The third kappa shape index (κ3) is 3.94. The highest BCUT2D eigenvalue weighted by atomic mass is 19.1. The van der Waals surface area contributed by atoms with Gasteiger partial charge in [0, 0.05) is 18.8 Å². The Morgan fingerprint density at radius 1 is 1.37 bits per heavy atom. The van der Waals surface area contributed by atoms with E-state index in [0.29, 0.717) is 13.1 Å². The number of anilines is 1. The summed E-state index contributed by atoms with van der Waals surface area (Å²) in [7, 11) is 0. The lowest BCUT2D eigenvalue weighted by atomic mass is 10.1. The summed E-state index contributed by atoms with van der Waals surface area (Å²) in [6.07, 6.45) is 0. The van der Waals surface area contributed by atoms with Crippen molar-refractivity contribution in [1.29, 1.82) is 0 Å². The summed E-state index contributed by atoms with van der Waals surface area (Å²) in [4.78, 5) is 25.0. The van der Waals surface area contributed by atoms with Crippen molar-refractivity contribution in [3.8, 4) is 0 Å². The predicted octanol–water partition coefficient (Wildman–Crippen LogP) is 1.01. The summed E-state index contributed by atoms with van der Waals surface area (Å²) in [5, 5.41) is 2.62. The van der Waals surface area contributed by atoms with E-state index in [2.05, 4.69) is 5.32 Å². The molecule has 0 unspecified atom stereocenters. The van der Waals surface area contributed by atoms with Crippen LogP contribution in [0.15, 0.2) is 18.2 Å². The molecule has 1 rings (SSSR count). The zero-order valence-electron chi connectivity index (χ0n) is 11.1. The molecule has 104 valence electrons. The van der Waals surface area contributed by atoms with Crippen LogP contribution in [0.4, 0.5) is 10.1 Å². The average molecular weight is 267 g/mol. The minimum absolute atomic E-state index is 0.0417. The zero-order chi connectivity index (χ0) is 14.4. The van der Waals surface area contributed by atoms with Crippen LogP contribution in [0.3, 0.4) is 0 Å². The molecule has 19 heavy (non-hydrogen) atoms. The van der Waals surface area contributed by atoms with Gasteiger partial charge in [0.05, 0.1) is 12.1 Å². The number of hydrogen-bond donors (Lipinski definition) is 2. The smallest absolute Gasteiger partial charge is 0.256 e. The van der Waals surface area contributed by atoms with Crippen molar-refractivity contribution in [2.75, 3.05) is 25.4 Å². The SMILES string of the molecule is CCNC(=O)CN(CC)C(=O)c1ccc(F)cc1N. The minimum Gasteiger partial charge on any atom is -0.398 e. The molecule has 0 fully saturated rings. The molecule has 0 bridgehead atoms. The van der Waals surface area contributed by atoms with Gasteiger partial charge in [0.15, 0.2) is 0 Å². The van der Waals surface area contributed by atoms with Crippen LogP contribution in [0, 0.1) is 5.82 Å². The molecule has 0 aliphatic carbocycles. The van der Waals surface area contributed by atoms with Crippen LogP contribution in [0.5, 0.6) is 0 Å². The van der Waals surface area contributed by atoms with Gasteiger partial charge in [-0.05, 0) is 32.0 Å². The quantitative estimate of drug-likeness (QED) is 0.782. The fourth-order valence-electron chi connectivity index (χ4n) is 1.65. The van der Waals surface area contributed by atoms with E-state index in [1.54, 1.807) is 13.8 Å². The monoisotopic (exact) mass is 267 g/mol. The maximum atomic E-state index is 12.9. The first-order valence-corrected chi connectivity index (χ1v) is 6.10. The Hall–Kier alpha value is -2.11. The van der Waals surface area contributed by atoms with Gasteiger partial charge in [0.2, 0.25) is 5.91 Å². The van der Waals surface area contributed by atoms with Crippen molar-refractivity contribution in [3.63, 3.8) is 0 Å². The lowest BCUT2D eigenvalue weighted by molar-refractivity contribution is -0.121. The van der Waals surface area contributed by atoms with Crippen molar-refractivity contribution < 1.29 is 14.0 Å². The molecule has 0 heterocycles. The molecule has 3 N–H and O–H groups in total. The molecule has 0 radical (unpaired) electrons. The van der Waals surface area contributed by atoms with Crippen molar-refractivity contribution in [2.45, 2.75) is 13.8 Å². The number of likely N-dealkylation sites (N-methyl/N-ethyl adjacent to an activating group) is 2. The molecule has 0 atom stereocenters. The highest BCUT2D eigenvalue weighted by Gasteiger charge is 2.19. The molecule has 0 spiro atoms. The van der Waals surface area contributed by atoms with Crippen LogP contribution in [0.1, 0.15) is 24.2 Å². The lowest BCUT2D eigenvalue weighted by Gasteiger charge is -2.21. The Morgan fingerprint density at radius 3 is 2.58 bits per heavy atom. The summed E-state index contributed by atoms with van der Waals surface area (Å²) in [6.45, 7) is 4.39. The molecule has 2 amide bonds. The largest absolute Gasteiger partial charge is 0.398 e. The third-order valence-electron chi connectivity index (χ3n) is 2.62. The number of hydrogen-bond acceptors (Lipinski definition) is 3. The summed E-state index contributed by atoms with van der Waals surface area (Å²) in [5.74, 6) is -1.12. The van der Waals surface area contributed by atoms with Gasteiger partial charge in [0.1, 0.15) is 5.82 Å². The van der Waals surface area contributed by atoms with Crippen LogP contribution in [0.2, 0.25) is 0 Å². The van der Waals surface area contributed by atoms with Crippen molar-refractivity contribution in [2.24, 2.45) is 0 Å². The number of benzene rings is 1. The van der Waals surface area contributed by atoms with Crippen LogP contribution in [-0.2, 0) is 4.79 Å². The van der Waals surface area contributed by atoms with Gasteiger partial charge in [0.25, 0.3) is 5.91 Å². The second-order valence-corrected chi connectivity index (χ2v) is 4.00. The van der Waals surface area contributed by atoms with Crippen LogP contribution < -0.4 is 11.1 Å². The number of nitrogen functional groups attached to an aromatic ring is 1. The van der Waals surface area contributed by atoms with E-state index in [0.717, 1.165) is 6.07 Å². The average Bonchev–Trinajstić information content (AvgIpc) is 2.35. The number of nitrogens with two attached hydrogens (primary N) is 1. The molecule has 6 heteroatoms. The minimum atomic E-state index is -0.499. The Labute approximate surface area is 111 Å². The molecule has 0 saturated heterocycles. The van der Waals surface area contributed by atoms with Crippen molar-refractivity contribution in [1.82, 2.24) is 10.2 Å². The zero-order valence-corrected chi connectivity index (χ0v) is 11.1. The summed E-state index contributed by atoms with van der Waals surface area (Å²) in [5.41, 5.74) is 5.89. The molecular formula is C13H18FN3O2. The summed E-state index contributed by atoms with van der Waals surface area (Å²) in [6, 6.07) is 3.59. The van der Waals surface area contributed by atoms with E-state index in [1.165, 1.54) is 17.0 Å². The highest BCUT2D eigenvalue weighted by Crippen LogP contribution is 2.15. The fraction of sp³-hybridized carbons (Fsp3) is 0.385. The number of carbonyl (C=O) groups is 2. The summed E-state index contributed by atoms with van der Waals surface area (Å²) < 4.78 is 12.9. The number of carbonyl (C=O) groups excluding carboxylic acids is 2. The number of nitrogens with zero attached hydrogens (tertiary/aromatic N) is 1. The van der Waals surface area contributed by atoms with Crippen LogP contribution in [0.25, 0.3) is 0 Å². The molecule has 0 saturated carbocycles. The van der Waals surface area contributed by atoms with E-state index in [-0.39, 0.29) is 29.6 Å². The van der Waals surface area contributed by atoms with Crippen molar-refractivity contribution >= 4 is 17.5 Å². The first-order valence-electron chi connectivity index (χ1n) is 6.10. The van der Waals surface area contributed by atoms with E-state index in [9.17, 15) is 14.0 Å². The molecule has 0 aromatic heterocycles. The van der Waals surface area contributed by atoms with Gasteiger partial charge in [-0.15, -0.1) is 0 Å². The van der Waals surface area contributed by atoms with Gasteiger partial charge >= 0.3 is 0 Å². The molecule has 5 nitrogen and oxygen atoms in total. The topological polar surface area (TPSA) is 75.4 Å². The van der Waals surface area contributed by atoms with Gasteiger partial charge in [-0.25, -0.2) is 4.39 Å². The van der Waals surface area contributed by atoms with E-state index in [1.807, 2.05) is 0 Å². The molecule has 1 aromatic rings. The second kappa shape index (κ2) is 6.72. The molecular weight excluding hydrogens is 249 g/mol. The highest BCUT2D eigenvalue weighted by molar-refractivity contribution is 6.00. The van der Waals surface area contributed by atoms with E-state index < -0.39 is 5.82 Å². The lowest BCUT2D eigenvalue weighted by Crippen LogP contribution is -2.40. The number of halogens is 1. The maximum absolute atomic E-state index is 12.9. The molecule has 0 aliphatic heterocycles. The molecule has 1 aromatic carbocycles. The van der Waals surface area contributed by atoms with Gasteiger partial charge < -0.3 is 16.0 Å². The fourth-order valence-corrected chi connectivity index (χ4v) is 1.65. The van der Waals surface area contributed by atoms with Crippen LogP contribution >= 0.6 is 0 Å². The third-order valence-corrected chi connectivity index (χ3v) is 2.62. The Bertz CT molecular complexity index is 477. The Balaban J connectivity index is 2.86. The standard InChI is InChI=1S/C13H18FN3O2/c1-3-16-12(18)8-17(4-2)13(19)10-6-5-9(14)7-11(10)15/h5-7H,3-4,8,15H2,1-2H3,(H,16,18). The van der Waals surface area contributed by atoms with Crippen LogP contribution in [-0.4, -0.2) is 36.3 Å². The normalized spacial score (nSPS) is 10.1. The summed E-state index contributed by atoms with van der Waals surface area (Å²) >= 11 is 0. The number of amides is 2. The van der Waals surface area contributed by atoms with Crippen molar-refractivity contribution in [3.05, 3.63) is 29.6 Å². The second-order valence-electron chi connectivity index (χ2n) is 4.00. The first-order chi connectivity index (χ1) is 8.99. The van der Waals surface area contributed by atoms with Gasteiger partial charge in [-0.3, -0.25) is 9.59 Å². The van der Waals surface area contributed by atoms with E-state index >= 15 is 0 Å².